The molecule has 0 aliphatic rings. The fraction of sp³-hybridized carbons (Fsp3) is 0.167. The van der Waals surface area contributed by atoms with Crippen molar-refractivity contribution in [3.63, 3.8) is 0 Å². The number of hydrogen-bond acceptors (Lipinski definition) is 7. The van der Waals surface area contributed by atoms with Crippen molar-refractivity contribution in [2.75, 3.05) is 19.0 Å². The topological polar surface area (TPSA) is 109 Å². The van der Waals surface area contributed by atoms with Crippen LogP contribution in [0, 0.1) is 17.6 Å². The Morgan fingerprint density at radius 1 is 1.27 bits per heavy atom. The van der Waals surface area contributed by atoms with E-state index in [1.807, 2.05) is 5.40 Å². The highest BCUT2D eigenvalue weighted by atomic mass is 32.2. The summed E-state index contributed by atoms with van der Waals surface area (Å²) >= 11 is 1.02. The Balaban J connectivity index is 1.94. The van der Waals surface area contributed by atoms with Gasteiger partial charge in [-0.1, -0.05) is 0 Å². The molecule has 134 valence electrons. The number of anilines is 1. The summed E-state index contributed by atoms with van der Waals surface area (Å²) < 4.78 is 9.85. The predicted molar refractivity (Wildman–Crippen MR) is 96.2 cm³/mol. The second-order valence-corrected chi connectivity index (χ2v) is 6.04. The maximum Gasteiger partial charge on any atom is 0.342 e. The van der Waals surface area contributed by atoms with Gasteiger partial charge in [0.2, 0.25) is 0 Å². The van der Waals surface area contributed by atoms with Gasteiger partial charge in [-0.15, -0.1) is 0 Å². The van der Waals surface area contributed by atoms with E-state index >= 15 is 0 Å². The van der Waals surface area contributed by atoms with Gasteiger partial charge in [0.25, 0.3) is 5.91 Å². The number of aromatic hydroxyl groups is 1. The molecule has 0 unspecified atom stereocenters. The largest absolute Gasteiger partial charge is 0.507 e. The van der Waals surface area contributed by atoms with Crippen LogP contribution in [0.2, 0.25) is 0 Å². The Morgan fingerprint density at radius 3 is 2.65 bits per heavy atom. The number of phenolic OH excluding ortho intramolecular Hbond substituents is 1. The van der Waals surface area contributed by atoms with E-state index in [1.165, 1.54) is 25.3 Å². The predicted octanol–water partition coefficient (Wildman–Crippen LogP) is 3.08. The Bertz CT molecular complexity index is 876. The van der Waals surface area contributed by atoms with Gasteiger partial charge in [-0.2, -0.15) is 5.26 Å². The average Bonchev–Trinajstić information content (AvgIpc) is 2.62. The van der Waals surface area contributed by atoms with Crippen LogP contribution in [0.5, 0.6) is 11.5 Å². The molecule has 0 fully saturated rings. The molecule has 1 amide bonds. The van der Waals surface area contributed by atoms with Crippen LogP contribution in [0.15, 0.2) is 41.3 Å². The van der Waals surface area contributed by atoms with Gasteiger partial charge in [0, 0.05) is 16.6 Å². The van der Waals surface area contributed by atoms with Crippen LogP contribution in [-0.4, -0.2) is 30.7 Å². The van der Waals surface area contributed by atoms with Crippen LogP contribution in [0.25, 0.3) is 0 Å². The lowest BCUT2D eigenvalue weighted by molar-refractivity contribution is -0.119. The van der Waals surface area contributed by atoms with Gasteiger partial charge in [-0.3, -0.25) is 4.79 Å². The van der Waals surface area contributed by atoms with Crippen LogP contribution in [0.1, 0.15) is 15.9 Å². The molecule has 8 heteroatoms. The minimum atomic E-state index is -0.821. The number of aryl methyl sites for hydroxylation is 1. The van der Waals surface area contributed by atoms with Crippen LogP contribution in [-0.2, 0) is 9.53 Å². The number of ether oxygens (including phenoxy) is 2. The number of amides is 1. The van der Waals surface area contributed by atoms with E-state index in [-0.39, 0.29) is 11.3 Å². The minimum Gasteiger partial charge on any atom is -0.507 e. The molecule has 0 aliphatic carbocycles. The first-order valence-electron chi connectivity index (χ1n) is 7.45. The lowest BCUT2D eigenvalue weighted by Gasteiger charge is -2.10. The molecular formula is C18H16N2O5S. The number of nitrogens with one attached hydrogen (secondary N) is 1. The first-order chi connectivity index (χ1) is 12.4. The van der Waals surface area contributed by atoms with Gasteiger partial charge in [0.05, 0.1) is 7.11 Å². The summed E-state index contributed by atoms with van der Waals surface area (Å²) in [4.78, 5) is 24.7. The first kappa shape index (κ1) is 19.1. The number of carbonyl (C=O) groups excluding carboxylic acids is 2. The van der Waals surface area contributed by atoms with Crippen molar-refractivity contribution >= 4 is 29.3 Å². The van der Waals surface area contributed by atoms with Gasteiger partial charge in [-0.25, -0.2) is 4.79 Å². The summed E-state index contributed by atoms with van der Waals surface area (Å²) in [5, 5.41) is 23.1. The van der Waals surface area contributed by atoms with E-state index < -0.39 is 18.5 Å². The van der Waals surface area contributed by atoms with Gasteiger partial charge in [0.1, 0.15) is 22.5 Å². The van der Waals surface area contributed by atoms with Gasteiger partial charge >= 0.3 is 5.97 Å². The third kappa shape index (κ3) is 4.91. The zero-order chi connectivity index (χ0) is 19.1. The summed E-state index contributed by atoms with van der Waals surface area (Å²) in [6.45, 7) is 1.29. The third-order valence-corrected chi connectivity index (χ3v) is 3.98. The Hall–Kier alpha value is -3.18. The molecule has 0 atom stereocenters. The van der Waals surface area contributed by atoms with E-state index in [2.05, 4.69) is 5.32 Å². The monoisotopic (exact) mass is 372 g/mol. The number of nitriles is 1. The van der Waals surface area contributed by atoms with Gasteiger partial charge in [0.15, 0.2) is 6.61 Å². The van der Waals surface area contributed by atoms with Gasteiger partial charge in [-0.05, 0) is 54.6 Å². The molecule has 2 rings (SSSR count). The smallest absolute Gasteiger partial charge is 0.342 e. The first-order valence-corrected chi connectivity index (χ1v) is 8.26. The Kier molecular flexibility index (Phi) is 6.47. The molecule has 2 N–H and O–H groups in total. The van der Waals surface area contributed by atoms with Gasteiger partial charge < -0.3 is 19.9 Å². The van der Waals surface area contributed by atoms with Crippen LogP contribution < -0.4 is 10.1 Å². The van der Waals surface area contributed by atoms with E-state index in [4.69, 9.17) is 14.7 Å². The molecule has 0 aromatic heterocycles. The summed E-state index contributed by atoms with van der Waals surface area (Å²) in [7, 11) is 1.44. The van der Waals surface area contributed by atoms with E-state index in [9.17, 15) is 14.7 Å². The second kappa shape index (κ2) is 8.78. The number of thioether (sulfide) groups is 1. The van der Waals surface area contributed by atoms with E-state index in [0.29, 0.717) is 11.4 Å². The molecule has 0 saturated heterocycles. The molecule has 0 saturated carbocycles. The highest BCUT2D eigenvalue weighted by Gasteiger charge is 2.15. The lowest BCUT2D eigenvalue weighted by Crippen LogP contribution is -2.21. The lowest BCUT2D eigenvalue weighted by atomic mass is 10.2. The number of methoxy groups -OCH3 is 1. The molecule has 0 heterocycles. The number of hydrogen-bond donors (Lipinski definition) is 2. The number of nitrogens with zero attached hydrogens (tertiary/aromatic N) is 1. The quantitative estimate of drug-likeness (QED) is 0.456. The minimum absolute atomic E-state index is 0.0624. The molecule has 2 aromatic rings. The second-order valence-electron chi connectivity index (χ2n) is 5.18. The zero-order valence-electron chi connectivity index (χ0n) is 14.1. The fourth-order valence-corrected chi connectivity index (χ4v) is 2.58. The summed E-state index contributed by atoms with van der Waals surface area (Å²) in [5.41, 5.74) is 1.27. The van der Waals surface area contributed by atoms with Crippen molar-refractivity contribution in [3.05, 3.63) is 47.5 Å². The maximum absolute atomic E-state index is 12.0. The Morgan fingerprint density at radius 2 is 2.04 bits per heavy atom. The number of phenols is 1. The normalized spacial score (nSPS) is 9.88. The number of carbonyl (C=O) groups is 2. The van der Waals surface area contributed by atoms with Crippen molar-refractivity contribution in [3.8, 4) is 16.9 Å². The fourth-order valence-electron chi connectivity index (χ4n) is 2.10. The molecule has 0 bridgehead atoms. The molecule has 0 spiro atoms. The molecule has 0 aliphatic heterocycles. The highest BCUT2D eigenvalue weighted by Crippen LogP contribution is 2.25. The number of benzene rings is 2. The maximum atomic E-state index is 12.0. The summed E-state index contributed by atoms with van der Waals surface area (Å²) in [6, 6.07) is 9.28. The average molecular weight is 372 g/mol. The number of thiocyanates is 1. The van der Waals surface area contributed by atoms with E-state index in [0.717, 1.165) is 22.2 Å². The van der Waals surface area contributed by atoms with Crippen LogP contribution in [0.4, 0.5) is 5.69 Å². The molecular weight excluding hydrogens is 356 g/mol. The SMILES string of the molecule is COc1ccc(C(=O)OCC(=O)Nc2ccc(SC#N)cc2C)c(O)c1. The van der Waals surface area contributed by atoms with Crippen molar-refractivity contribution in [1.82, 2.24) is 0 Å². The standard InChI is InChI=1S/C18H16N2O5S/c1-11-7-13(26-10-19)4-6-15(11)20-17(22)9-25-18(23)14-5-3-12(24-2)8-16(14)21/h3-8,21H,9H2,1-2H3,(H,20,22). The Labute approximate surface area is 154 Å². The molecule has 2 aromatic carbocycles. The summed E-state index contributed by atoms with van der Waals surface area (Å²) in [5.74, 6) is -1.24. The third-order valence-electron chi connectivity index (χ3n) is 3.39. The number of esters is 1. The van der Waals surface area contributed by atoms with Crippen molar-refractivity contribution in [1.29, 1.82) is 5.26 Å². The van der Waals surface area contributed by atoms with Crippen molar-refractivity contribution in [2.24, 2.45) is 0 Å². The van der Waals surface area contributed by atoms with E-state index in [1.54, 1.807) is 25.1 Å². The number of rotatable bonds is 6. The molecule has 0 radical (unpaired) electrons. The highest BCUT2D eigenvalue weighted by molar-refractivity contribution is 8.03. The molecule has 7 nitrogen and oxygen atoms in total. The van der Waals surface area contributed by atoms with Crippen LogP contribution in [0.3, 0.4) is 0 Å². The van der Waals surface area contributed by atoms with Crippen molar-refractivity contribution < 1.29 is 24.2 Å². The van der Waals surface area contributed by atoms with Crippen molar-refractivity contribution in [2.45, 2.75) is 11.8 Å². The molecule has 26 heavy (non-hydrogen) atoms. The van der Waals surface area contributed by atoms with Crippen LogP contribution >= 0.6 is 11.8 Å². The summed E-state index contributed by atoms with van der Waals surface area (Å²) in [6.07, 6.45) is 0. The zero-order valence-corrected chi connectivity index (χ0v) is 14.9.